The molecule has 134 valence electrons. The van der Waals surface area contributed by atoms with Crippen LogP contribution in [0.3, 0.4) is 0 Å². The molecule has 2 aromatic carbocycles. The Bertz CT molecular complexity index is 891. The van der Waals surface area contributed by atoms with Gasteiger partial charge in [0.1, 0.15) is 5.82 Å². The summed E-state index contributed by atoms with van der Waals surface area (Å²) in [5.41, 5.74) is 3.02. The van der Waals surface area contributed by atoms with Gasteiger partial charge in [-0.25, -0.2) is 4.39 Å². The summed E-state index contributed by atoms with van der Waals surface area (Å²) in [5.74, 6) is 0.599. The normalized spacial score (nSPS) is 10.7. The summed E-state index contributed by atoms with van der Waals surface area (Å²) in [6.45, 7) is 2.40. The number of carbonyl (C=O) groups is 1. The summed E-state index contributed by atoms with van der Waals surface area (Å²) >= 11 is 1.33. The molecule has 0 spiro atoms. The largest absolute Gasteiger partial charge is 0.351 e. The van der Waals surface area contributed by atoms with Crippen LogP contribution in [0.25, 0.3) is 11.4 Å². The molecule has 0 bridgehead atoms. The fourth-order valence-corrected chi connectivity index (χ4v) is 3.12. The summed E-state index contributed by atoms with van der Waals surface area (Å²) < 4.78 is 14.7. The average Bonchev–Trinajstić information content (AvgIpc) is 3.01. The lowest BCUT2D eigenvalue weighted by molar-refractivity contribution is -0.118. The van der Waals surface area contributed by atoms with Crippen molar-refractivity contribution in [2.45, 2.75) is 18.6 Å². The molecule has 0 aliphatic heterocycles. The molecular weight excluding hydrogens is 351 g/mol. The Morgan fingerprint density at radius 3 is 2.50 bits per heavy atom. The van der Waals surface area contributed by atoms with E-state index in [9.17, 15) is 9.18 Å². The molecule has 0 atom stereocenters. The van der Waals surface area contributed by atoms with Gasteiger partial charge in [-0.1, -0.05) is 53.7 Å². The van der Waals surface area contributed by atoms with Crippen LogP contribution in [0, 0.1) is 12.7 Å². The van der Waals surface area contributed by atoms with E-state index in [1.807, 2.05) is 42.8 Å². The van der Waals surface area contributed by atoms with Crippen LogP contribution in [-0.2, 0) is 18.4 Å². The molecule has 0 fully saturated rings. The van der Waals surface area contributed by atoms with Crippen molar-refractivity contribution in [1.82, 2.24) is 20.1 Å². The van der Waals surface area contributed by atoms with Crippen molar-refractivity contribution in [2.24, 2.45) is 7.05 Å². The first-order chi connectivity index (χ1) is 12.5. The van der Waals surface area contributed by atoms with E-state index in [1.165, 1.54) is 29.5 Å². The molecule has 0 saturated carbocycles. The highest BCUT2D eigenvalue weighted by Crippen LogP contribution is 2.22. The maximum Gasteiger partial charge on any atom is 0.230 e. The van der Waals surface area contributed by atoms with Crippen molar-refractivity contribution in [3.05, 3.63) is 65.5 Å². The summed E-state index contributed by atoms with van der Waals surface area (Å²) in [5, 5.41) is 11.9. The molecule has 0 aliphatic carbocycles. The third-order valence-electron chi connectivity index (χ3n) is 3.88. The maximum atomic E-state index is 12.9. The molecule has 1 N–H and O–H groups in total. The molecule has 1 heterocycles. The number of carbonyl (C=O) groups excluding carboxylic acids is 1. The Balaban J connectivity index is 1.55. The highest BCUT2D eigenvalue weighted by atomic mass is 32.2. The summed E-state index contributed by atoms with van der Waals surface area (Å²) in [4.78, 5) is 12.0. The van der Waals surface area contributed by atoms with E-state index in [2.05, 4.69) is 15.5 Å². The van der Waals surface area contributed by atoms with Gasteiger partial charge >= 0.3 is 0 Å². The van der Waals surface area contributed by atoms with Gasteiger partial charge in [0.05, 0.1) is 5.75 Å². The lowest BCUT2D eigenvalue weighted by atomic mass is 10.1. The van der Waals surface area contributed by atoms with Crippen molar-refractivity contribution in [1.29, 1.82) is 0 Å². The zero-order chi connectivity index (χ0) is 18.5. The first kappa shape index (κ1) is 18.1. The summed E-state index contributed by atoms with van der Waals surface area (Å²) in [6, 6.07) is 14.1. The summed E-state index contributed by atoms with van der Waals surface area (Å²) in [7, 11) is 1.88. The molecule has 26 heavy (non-hydrogen) atoms. The monoisotopic (exact) mass is 370 g/mol. The number of benzene rings is 2. The van der Waals surface area contributed by atoms with Crippen molar-refractivity contribution >= 4 is 17.7 Å². The van der Waals surface area contributed by atoms with Gasteiger partial charge in [-0.15, -0.1) is 10.2 Å². The number of nitrogens with one attached hydrogen (secondary N) is 1. The number of hydrogen-bond donors (Lipinski definition) is 1. The molecule has 0 saturated heterocycles. The Labute approximate surface area is 155 Å². The third kappa shape index (κ3) is 4.49. The van der Waals surface area contributed by atoms with Crippen LogP contribution in [0.15, 0.2) is 53.7 Å². The Morgan fingerprint density at radius 1 is 1.12 bits per heavy atom. The van der Waals surface area contributed by atoms with Crippen LogP contribution in [0.4, 0.5) is 4.39 Å². The van der Waals surface area contributed by atoms with E-state index < -0.39 is 0 Å². The fourth-order valence-electron chi connectivity index (χ4n) is 2.38. The fraction of sp³-hybridized carbons (Fsp3) is 0.211. The van der Waals surface area contributed by atoms with Gasteiger partial charge in [0.25, 0.3) is 0 Å². The number of thioether (sulfide) groups is 1. The second-order valence-corrected chi connectivity index (χ2v) is 6.87. The van der Waals surface area contributed by atoms with Gasteiger partial charge in [0.2, 0.25) is 5.91 Å². The molecule has 1 amide bonds. The second-order valence-electron chi connectivity index (χ2n) is 5.92. The van der Waals surface area contributed by atoms with Gasteiger partial charge in [-0.05, 0) is 24.6 Å². The number of aryl methyl sites for hydroxylation is 1. The van der Waals surface area contributed by atoms with Crippen LogP contribution >= 0.6 is 11.8 Å². The van der Waals surface area contributed by atoms with E-state index in [4.69, 9.17) is 0 Å². The van der Waals surface area contributed by atoms with Gasteiger partial charge < -0.3 is 9.88 Å². The molecule has 7 heteroatoms. The maximum absolute atomic E-state index is 12.9. The van der Waals surface area contributed by atoms with Gasteiger partial charge in [-0.3, -0.25) is 4.79 Å². The van der Waals surface area contributed by atoms with Crippen LogP contribution in [0.2, 0.25) is 0 Å². The predicted molar refractivity (Wildman–Crippen MR) is 100 cm³/mol. The molecule has 5 nitrogen and oxygen atoms in total. The molecule has 3 aromatic rings. The third-order valence-corrected chi connectivity index (χ3v) is 4.90. The van der Waals surface area contributed by atoms with E-state index >= 15 is 0 Å². The first-order valence-electron chi connectivity index (χ1n) is 8.13. The average molecular weight is 370 g/mol. The molecule has 3 rings (SSSR count). The molecule has 0 aliphatic rings. The van der Waals surface area contributed by atoms with E-state index in [-0.39, 0.29) is 17.5 Å². The highest BCUT2D eigenvalue weighted by molar-refractivity contribution is 7.99. The summed E-state index contributed by atoms with van der Waals surface area (Å²) in [6.07, 6.45) is 0. The molecule has 0 radical (unpaired) electrons. The molecule has 1 aromatic heterocycles. The number of rotatable bonds is 6. The Morgan fingerprint density at radius 2 is 1.81 bits per heavy atom. The SMILES string of the molecule is Cc1ccc(-c2nnc(SCC(=O)NCc3ccc(F)cc3)n2C)cc1. The minimum absolute atomic E-state index is 0.112. The van der Waals surface area contributed by atoms with Crippen LogP contribution < -0.4 is 5.32 Å². The van der Waals surface area contributed by atoms with E-state index in [0.29, 0.717) is 11.7 Å². The predicted octanol–water partition coefficient (Wildman–Crippen LogP) is 3.34. The van der Waals surface area contributed by atoms with Crippen molar-refractivity contribution in [3.8, 4) is 11.4 Å². The second kappa shape index (κ2) is 8.14. The highest BCUT2D eigenvalue weighted by Gasteiger charge is 2.12. The van der Waals surface area contributed by atoms with Crippen molar-refractivity contribution < 1.29 is 9.18 Å². The number of nitrogens with zero attached hydrogens (tertiary/aromatic N) is 3. The number of hydrogen-bond acceptors (Lipinski definition) is 4. The van der Waals surface area contributed by atoms with Crippen molar-refractivity contribution in [2.75, 3.05) is 5.75 Å². The van der Waals surface area contributed by atoms with E-state index in [0.717, 1.165) is 17.0 Å². The van der Waals surface area contributed by atoms with Crippen LogP contribution in [0.1, 0.15) is 11.1 Å². The van der Waals surface area contributed by atoms with Crippen LogP contribution in [-0.4, -0.2) is 26.4 Å². The first-order valence-corrected chi connectivity index (χ1v) is 9.12. The quantitative estimate of drug-likeness (QED) is 0.676. The zero-order valence-electron chi connectivity index (χ0n) is 14.6. The van der Waals surface area contributed by atoms with Crippen molar-refractivity contribution in [3.63, 3.8) is 0 Å². The molecular formula is C19H19FN4OS. The van der Waals surface area contributed by atoms with Gasteiger partial charge in [-0.2, -0.15) is 0 Å². The van der Waals surface area contributed by atoms with Gasteiger partial charge in [0.15, 0.2) is 11.0 Å². The Kier molecular flexibility index (Phi) is 5.68. The Hall–Kier alpha value is -2.67. The number of halogens is 1. The topological polar surface area (TPSA) is 59.8 Å². The number of aromatic nitrogens is 3. The standard InChI is InChI=1S/C19H19FN4OS/c1-13-3-7-15(8-4-13)18-22-23-19(24(18)2)26-12-17(25)21-11-14-5-9-16(20)10-6-14/h3-10H,11-12H2,1-2H3,(H,21,25). The van der Waals surface area contributed by atoms with Gasteiger partial charge in [0, 0.05) is 19.2 Å². The van der Waals surface area contributed by atoms with Crippen LogP contribution in [0.5, 0.6) is 0 Å². The number of amides is 1. The lowest BCUT2D eigenvalue weighted by Crippen LogP contribution is -2.24. The minimum Gasteiger partial charge on any atom is -0.351 e. The smallest absolute Gasteiger partial charge is 0.230 e. The minimum atomic E-state index is -0.290. The lowest BCUT2D eigenvalue weighted by Gasteiger charge is -2.06. The zero-order valence-corrected chi connectivity index (χ0v) is 15.4. The molecule has 0 unspecified atom stereocenters. The van der Waals surface area contributed by atoms with E-state index in [1.54, 1.807) is 12.1 Å².